The first-order valence-electron chi connectivity index (χ1n) is 9.64. The van der Waals surface area contributed by atoms with Gasteiger partial charge in [0.2, 0.25) is 5.91 Å². The molecule has 4 rings (SSSR count). The Morgan fingerprint density at radius 3 is 2.27 bits per heavy atom. The van der Waals surface area contributed by atoms with E-state index in [1.165, 1.54) is 17.7 Å². The zero-order valence-corrected chi connectivity index (χ0v) is 17.8. The summed E-state index contributed by atoms with van der Waals surface area (Å²) in [4.78, 5) is 15.0. The van der Waals surface area contributed by atoms with Crippen molar-refractivity contribution in [2.75, 3.05) is 17.4 Å². The molecule has 0 aliphatic carbocycles. The van der Waals surface area contributed by atoms with Gasteiger partial charge in [-0.3, -0.25) is 9.10 Å². The molecule has 0 saturated heterocycles. The van der Waals surface area contributed by atoms with E-state index in [2.05, 4.69) is 6.07 Å². The van der Waals surface area contributed by atoms with Crippen molar-refractivity contribution >= 4 is 33.2 Å². The Labute approximate surface area is 181 Å². The topological polar surface area (TPSA) is 57.7 Å². The number of benzene rings is 3. The minimum Gasteiger partial charge on any atom is -0.336 e. The Morgan fingerprint density at radius 2 is 1.53 bits per heavy atom. The summed E-state index contributed by atoms with van der Waals surface area (Å²) < 4.78 is 27.9. The van der Waals surface area contributed by atoms with E-state index in [4.69, 9.17) is 11.6 Å². The minimum absolute atomic E-state index is 0.113. The van der Waals surface area contributed by atoms with Crippen LogP contribution in [0.25, 0.3) is 0 Å². The third-order valence-corrected chi connectivity index (χ3v) is 7.31. The molecule has 1 amide bonds. The number of rotatable bonds is 5. The normalized spacial score (nSPS) is 13.6. The van der Waals surface area contributed by atoms with Crippen LogP contribution in [0.1, 0.15) is 11.1 Å². The summed E-state index contributed by atoms with van der Waals surface area (Å²) in [7, 11) is -3.97. The van der Waals surface area contributed by atoms with Crippen LogP contribution >= 0.6 is 11.6 Å². The third-order valence-electron chi connectivity index (χ3n) is 5.21. The first kappa shape index (κ1) is 20.4. The molecule has 0 N–H and O–H groups in total. The lowest BCUT2D eigenvalue weighted by Crippen LogP contribution is -2.44. The highest BCUT2D eigenvalue weighted by molar-refractivity contribution is 7.92. The molecule has 1 heterocycles. The van der Waals surface area contributed by atoms with E-state index in [-0.39, 0.29) is 28.1 Å². The van der Waals surface area contributed by atoms with Crippen molar-refractivity contribution in [1.82, 2.24) is 4.90 Å². The summed E-state index contributed by atoms with van der Waals surface area (Å²) >= 11 is 6.32. The van der Waals surface area contributed by atoms with Gasteiger partial charge in [-0.1, -0.05) is 66.2 Å². The summed E-state index contributed by atoms with van der Waals surface area (Å²) in [6, 6.07) is 22.7. The van der Waals surface area contributed by atoms with Crippen LogP contribution in [0.15, 0.2) is 83.8 Å². The number of carbonyl (C=O) groups is 1. The van der Waals surface area contributed by atoms with E-state index < -0.39 is 10.0 Å². The fourth-order valence-electron chi connectivity index (χ4n) is 3.60. The number of fused-ring (bicyclic) bond motifs is 1. The van der Waals surface area contributed by atoms with Crippen LogP contribution in [-0.4, -0.2) is 32.3 Å². The Bertz CT molecular complexity index is 1170. The highest BCUT2D eigenvalue weighted by Crippen LogP contribution is 2.30. The lowest BCUT2D eigenvalue weighted by atomic mass is 10.00. The van der Waals surface area contributed by atoms with E-state index in [1.807, 2.05) is 18.2 Å². The van der Waals surface area contributed by atoms with Crippen LogP contribution in [0.2, 0.25) is 5.02 Å². The first-order chi connectivity index (χ1) is 14.5. The summed E-state index contributed by atoms with van der Waals surface area (Å²) in [6.45, 7) is 0.706. The molecule has 1 aliphatic rings. The zero-order chi connectivity index (χ0) is 21.1. The van der Waals surface area contributed by atoms with Crippen molar-refractivity contribution in [2.24, 2.45) is 0 Å². The molecule has 0 saturated carbocycles. The number of anilines is 1. The van der Waals surface area contributed by atoms with E-state index in [9.17, 15) is 13.2 Å². The number of hydrogen-bond donors (Lipinski definition) is 0. The third kappa shape index (κ3) is 4.06. The molecule has 0 bridgehead atoms. The van der Waals surface area contributed by atoms with Crippen LogP contribution in [0.5, 0.6) is 0 Å². The predicted octanol–water partition coefficient (Wildman–Crippen LogP) is 4.12. The number of hydrogen-bond acceptors (Lipinski definition) is 3. The molecule has 0 radical (unpaired) electrons. The first-order valence-corrected chi connectivity index (χ1v) is 11.5. The number of nitrogens with zero attached hydrogens (tertiary/aromatic N) is 2. The molecular weight excluding hydrogens is 420 g/mol. The zero-order valence-electron chi connectivity index (χ0n) is 16.2. The predicted molar refractivity (Wildman–Crippen MR) is 118 cm³/mol. The molecule has 3 aromatic rings. The fourth-order valence-corrected chi connectivity index (χ4v) is 5.35. The van der Waals surface area contributed by atoms with Gasteiger partial charge in [0.05, 0.1) is 15.6 Å². The number of halogens is 1. The average molecular weight is 441 g/mol. The van der Waals surface area contributed by atoms with Crippen LogP contribution in [0, 0.1) is 0 Å². The van der Waals surface area contributed by atoms with Crippen molar-refractivity contribution in [3.05, 3.63) is 95.0 Å². The van der Waals surface area contributed by atoms with Gasteiger partial charge < -0.3 is 4.90 Å². The summed E-state index contributed by atoms with van der Waals surface area (Å²) in [5.41, 5.74) is 2.60. The van der Waals surface area contributed by atoms with Gasteiger partial charge in [0.1, 0.15) is 6.54 Å². The molecule has 0 fully saturated rings. The Morgan fingerprint density at radius 1 is 0.900 bits per heavy atom. The van der Waals surface area contributed by atoms with Gasteiger partial charge >= 0.3 is 0 Å². The molecular formula is C23H21ClN2O3S. The van der Waals surface area contributed by atoms with Gasteiger partial charge in [-0.05, 0) is 41.8 Å². The number of carbonyl (C=O) groups excluding carboxylic acids is 1. The van der Waals surface area contributed by atoms with Gasteiger partial charge in [0, 0.05) is 13.1 Å². The second-order valence-electron chi connectivity index (χ2n) is 7.11. The molecule has 0 atom stereocenters. The number of para-hydroxylation sites is 1. The summed E-state index contributed by atoms with van der Waals surface area (Å²) in [6.07, 6.45) is 0.749. The van der Waals surface area contributed by atoms with Crippen molar-refractivity contribution in [2.45, 2.75) is 17.9 Å². The van der Waals surface area contributed by atoms with Crippen molar-refractivity contribution in [1.29, 1.82) is 0 Å². The summed E-state index contributed by atoms with van der Waals surface area (Å²) in [5.74, 6) is -0.260. The molecule has 154 valence electrons. The molecule has 7 heteroatoms. The van der Waals surface area contributed by atoms with Crippen LogP contribution in [0.3, 0.4) is 0 Å². The minimum atomic E-state index is -3.97. The lowest BCUT2D eigenvalue weighted by molar-refractivity contribution is -0.130. The molecule has 30 heavy (non-hydrogen) atoms. The fraction of sp³-hybridized carbons (Fsp3) is 0.174. The van der Waals surface area contributed by atoms with Crippen molar-refractivity contribution in [3.63, 3.8) is 0 Å². The standard InChI is InChI=1S/C23H21ClN2O3S/c24-21-12-6-7-13-22(21)26(30(28,29)20-10-2-1-3-11-20)17-23(27)25-15-14-18-8-4-5-9-19(18)16-25/h1-13H,14-17H2. The van der Waals surface area contributed by atoms with Gasteiger partial charge in [0.25, 0.3) is 10.0 Å². The monoisotopic (exact) mass is 440 g/mol. The number of sulfonamides is 1. The van der Waals surface area contributed by atoms with Gasteiger partial charge in [-0.15, -0.1) is 0 Å². The van der Waals surface area contributed by atoms with Crippen molar-refractivity contribution < 1.29 is 13.2 Å². The van der Waals surface area contributed by atoms with Gasteiger partial charge in [-0.25, -0.2) is 8.42 Å². The van der Waals surface area contributed by atoms with Crippen LogP contribution < -0.4 is 4.31 Å². The Hall–Kier alpha value is -2.83. The van der Waals surface area contributed by atoms with E-state index in [0.717, 1.165) is 16.3 Å². The largest absolute Gasteiger partial charge is 0.336 e. The second kappa shape index (κ2) is 8.50. The quantitative estimate of drug-likeness (QED) is 0.599. The molecule has 1 aliphatic heterocycles. The molecule has 0 unspecified atom stereocenters. The Balaban J connectivity index is 1.66. The second-order valence-corrected chi connectivity index (χ2v) is 9.38. The Kier molecular flexibility index (Phi) is 5.79. The number of amides is 1. The maximum atomic E-state index is 13.4. The molecule has 3 aromatic carbocycles. The highest BCUT2D eigenvalue weighted by Gasteiger charge is 2.31. The maximum Gasteiger partial charge on any atom is 0.264 e. The van der Waals surface area contributed by atoms with Gasteiger partial charge in [-0.2, -0.15) is 0 Å². The van der Waals surface area contributed by atoms with Crippen molar-refractivity contribution in [3.8, 4) is 0 Å². The molecule has 0 aromatic heterocycles. The van der Waals surface area contributed by atoms with Gasteiger partial charge in [0.15, 0.2) is 0 Å². The molecule has 5 nitrogen and oxygen atoms in total. The summed E-state index contributed by atoms with van der Waals surface area (Å²) in [5, 5.41) is 0.272. The highest BCUT2D eigenvalue weighted by atomic mass is 35.5. The smallest absolute Gasteiger partial charge is 0.264 e. The maximum absolute atomic E-state index is 13.4. The van der Waals surface area contributed by atoms with Crippen LogP contribution in [0.4, 0.5) is 5.69 Å². The van der Waals surface area contributed by atoms with E-state index in [0.29, 0.717) is 13.1 Å². The van der Waals surface area contributed by atoms with E-state index in [1.54, 1.807) is 47.4 Å². The molecule has 0 spiro atoms. The van der Waals surface area contributed by atoms with E-state index >= 15 is 0 Å². The lowest BCUT2D eigenvalue weighted by Gasteiger charge is -2.32. The average Bonchev–Trinajstić information content (AvgIpc) is 2.78. The SMILES string of the molecule is O=C(CN(c1ccccc1Cl)S(=O)(=O)c1ccccc1)N1CCc2ccccc2C1. The van der Waals surface area contributed by atoms with Crippen LogP contribution in [-0.2, 0) is 27.8 Å².